The Kier molecular flexibility index (Phi) is 3.90. The largest absolute Gasteiger partial charge is 0.361 e. The monoisotopic (exact) mass is 349 g/mol. The Hall–Kier alpha value is -2.85. The molecule has 4 nitrogen and oxygen atoms in total. The van der Waals surface area contributed by atoms with Gasteiger partial charge in [-0.15, -0.1) is 0 Å². The Morgan fingerprint density at radius 2 is 1.92 bits per heavy atom. The van der Waals surface area contributed by atoms with Crippen molar-refractivity contribution in [3.8, 4) is 0 Å². The van der Waals surface area contributed by atoms with Crippen molar-refractivity contribution in [3.63, 3.8) is 0 Å². The van der Waals surface area contributed by atoms with Crippen LogP contribution in [-0.4, -0.2) is 10.9 Å². The summed E-state index contributed by atoms with van der Waals surface area (Å²) in [5.41, 5.74) is 4.24. The zero-order chi connectivity index (χ0) is 17.4. The molecule has 1 atom stereocenters. The molecule has 0 saturated carbocycles. The van der Waals surface area contributed by atoms with Gasteiger partial charge in [-0.1, -0.05) is 35.9 Å². The molecule has 25 heavy (non-hydrogen) atoms. The number of nitrogens with one attached hydrogen (secondary N) is 1. The Morgan fingerprint density at radius 1 is 1.08 bits per heavy atom. The Bertz CT molecular complexity index is 943. The van der Waals surface area contributed by atoms with Gasteiger partial charge in [0.1, 0.15) is 6.17 Å². The van der Waals surface area contributed by atoms with Crippen molar-refractivity contribution in [2.45, 2.75) is 13.1 Å². The molecule has 1 aliphatic heterocycles. The number of pyridine rings is 1. The van der Waals surface area contributed by atoms with Crippen LogP contribution >= 0.6 is 11.6 Å². The standard InChI is InChI=1S/C20H16ClN3O/c1-13-17(21)9-4-10-18(13)23-19-15-7-2-3-8-16(15)20(25)24(19)14-6-5-11-22-12-14/h2-12,19,23H,1H3/t19-/m0/s1. The minimum atomic E-state index is -0.315. The fourth-order valence-electron chi connectivity index (χ4n) is 3.13. The van der Waals surface area contributed by atoms with Crippen molar-refractivity contribution in [3.05, 3.63) is 88.7 Å². The maximum absolute atomic E-state index is 13.0. The van der Waals surface area contributed by atoms with Gasteiger partial charge in [-0.3, -0.25) is 14.7 Å². The van der Waals surface area contributed by atoms with Gasteiger partial charge in [0.25, 0.3) is 5.91 Å². The van der Waals surface area contributed by atoms with E-state index in [-0.39, 0.29) is 12.1 Å². The normalized spacial score (nSPS) is 16.0. The SMILES string of the molecule is Cc1c(Cl)cccc1N[C@@H]1c2ccccc2C(=O)N1c1cccnc1. The van der Waals surface area contributed by atoms with Gasteiger partial charge in [0, 0.05) is 28.0 Å². The molecule has 124 valence electrons. The molecule has 0 saturated heterocycles. The number of hydrogen-bond acceptors (Lipinski definition) is 3. The summed E-state index contributed by atoms with van der Waals surface area (Å²) in [7, 11) is 0. The lowest BCUT2D eigenvalue weighted by Crippen LogP contribution is -2.32. The van der Waals surface area contributed by atoms with E-state index in [9.17, 15) is 4.79 Å². The number of nitrogens with zero attached hydrogens (tertiary/aromatic N) is 2. The van der Waals surface area contributed by atoms with Crippen LogP contribution in [0.25, 0.3) is 0 Å². The van der Waals surface area contributed by atoms with Crippen LogP contribution in [-0.2, 0) is 0 Å². The van der Waals surface area contributed by atoms with E-state index in [2.05, 4.69) is 10.3 Å². The van der Waals surface area contributed by atoms with Gasteiger partial charge in [-0.25, -0.2) is 0 Å². The molecule has 1 aromatic heterocycles. The Balaban J connectivity index is 1.81. The molecule has 5 heteroatoms. The summed E-state index contributed by atoms with van der Waals surface area (Å²) >= 11 is 6.25. The van der Waals surface area contributed by atoms with Crippen LogP contribution < -0.4 is 10.2 Å². The number of fused-ring (bicyclic) bond motifs is 1. The van der Waals surface area contributed by atoms with Crippen molar-refractivity contribution in [1.82, 2.24) is 4.98 Å². The van der Waals surface area contributed by atoms with Gasteiger partial charge in [0.15, 0.2) is 0 Å². The molecule has 1 N–H and O–H groups in total. The molecule has 0 spiro atoms. The van der Waals surface area contributed by atoms with Crippen molar-refractivity contribution >= 4 is 28.9 Å². The first-order valence-electron chi connectivity index (χ1n) is 8.01. The van der Waals surface area contributed by atoms with Gasteiger partial charge < -0.3 is 5.32 Å². The molecule has 1 aliphatic rings. The maximum Gasteiger partial charge on any atom is 0.260 e. The van der Waals surface area contributed by atoms with E-state index in [0.717, 1.165) is 22.5 Å². The second-order valence-corrected chi connectivity index (χ2v) is 6.34. The van der Waals surface area contributed by atoms with Crippen molar-refractivity contribution < 1.29 is 4.79 Å². The highest BCUT2D eigenvalue weighted by Crippen LogP contribution is 2.38. The number of aromatic nitrogens is 1. The lowest BCUT2D eigenvalue weighted by molar-refractivity contribution is 0.0993. The third-order valence-electron chi connectivity index (χ3n) is 4.45. The van der Waals surface area contributed by atoms with Crippen molar-refractivity contribution in [2.75, 3.05) is 10.2 Å². The molecule has 0 radical (unpaired) electrons. The molecular weight excluding hydrogens is 334 g/mol. The van der Waals surface area contributed by atoms with Gasteiger partial charge >= 0.3 is 0 Å². The third kappa shape index (κ3) is 2.65. The van der Waals surface area contributed by atoms with Crippen LogP contribution in [0, 0.1) is 6.92 Å². The Morgan fingerprint density at radius 3 is 2.72 bits per heavy atom. The number of amides is 1. The maximum atomic E-state index is 13.0. The average molecular weight is 350 g/mol. The molecule has 2 aromatic carbocycles. The second kappa shape index (κ2) is 6.22. The first-order valence-corrected chi connectivity index (χ1v) is 8.39. The minimum absolute atomic E-state index is 0.0409. The summed E-state index contributed by atoms with van der Waals surface area (Å²) < 4.78 is 0. The number of benzene rings is 2. The highest BCUT2D eigenvalue weighted by molar-refractivity contribution is 6.31. The summed E-state index contributed by atoms with van der Waals surface area (Å²) in [6.45, 7) is 1.96. The fourth-order valence-corrected chi connectivity index (χ4v) is 3.31. The van der Waals surface area contributed by atoms with Gasteiger partial charge in [-0.2, -0.15) is 0 Å². The zero-order valence-corrected chi connectivity index (χ0v) is 14.4. The predicted octanol–water partition coefficient (Wildman–Crippen LogP) is 4.81. The van der Waals surface area contributed by atoms with Gasteiger partial charge in [0.2, 0.25) is 0 Å². The van der Waals surface area contributed by atoms with E-state index in [1.165, 1.54) is 0 Å². The predicted molar refractivity (Wildman–Crippen MR) is 100 cm³/mol. The van der Waals surface area contributed by atoms with Crippen LogP contribution in [0.1, 0.15) is 27.7 Å². The molecule has 0 aliphatic carbocycles. The fraction of sp³-hybridized carbons (Fsp3) is 0.100. The first-order chi connectivity index (χ1) is 12.2. The van der Waals surface area contributed by atoms with Crippen LogP contribution in [0.2, 0.25) is 5.02 Å². The number of anilines is 2. The molecule has 0 bridgehead atoms. The van der Waals surface area contributed by atoms with E-state index in [1.54, 1.807) is 17.3 Å². The minimum Gasteiger partial charge on any atom is -0.361 e. The number of carbonyl (C=O) groups excluding carboxylic acids is 1. The summed E-state index contributed by atoms with van der Waals surface area (Å²) in [5.74, 6) is -0.0409. The highest BCUT2D eigenvalue weighted by Gasteiger charge is 2.37. The quantitative estimate of drug-likeness (QED) is 0.737. The number of rotatable bonds is 3. The van der Waals surface area contributed by atoms with Crippen molar-refractivity contribution in [2.24, 2.45) is 0 Å². The van der Waals surface area contributed by atoms with Crippen LogP contribution in [0.5, 0.6) is 0 Å². The first kappa shape index (κ1) is 15.7. The van der Waals surface area contributed by atoms with E-state index < -0.39 is 0 Å². The topological polar surface area (TPSA) is 45.2 Å². The Labute approximate surface area is 151 Å². The molecule has 0 unspecified atom stereocenters. The van der Waals surface area contributed by atoms with Crippen molar-refractivity contribution in [1.29, 1.82) is 0 Å². The number of carbonyl (C=O) groups is 1. The molecular formula is C20H16ClN3O. The van der Waals surface area contributed by atoms with Crippen LogP contribution in [0.15, 0.2) is 67.0 Å². The van der Waals surface area contributed by atoms with E-state index in [1.807, 2.05) is 61.5 Å². The van der Waals surface area contributed by atoms with Gasteiger partial charge in [-0.05, 0) is 42.8 Å². The molecule has 2 heterocycles. The van der Waals surface area contributed by atoms with E-state index in [4.69, 9.17) is 11.6 Å². The lowest BCUT2D eigenvalue weighted by Gasteiger charge is -2.27. The summed E-state index contributed by atoms with van der Waals surface area (Å²) in [6, 6.07) is 17.1. The van der Waals surface area contributed by atoms with E-state index in [0.29, 0.717) is 10.6 Å². The summed E-state index contributed by atoms with van der Waals surface area (Å²) in [5, 5.41) is 4.17. The molecule has 3 aromatic rings. The zero-order valence-electron chi connectivity index (χ0n) is 13.6. The van der Waals surface area contributed by atoms with Crippen LogP contribution in [0.3, 0.4) is 0 Å². The van der Waals surface area contributed by atoms with Crippen LogP contribution in [0.4, 0.5) is 11.4 Å². The summed E-state index contributed by atoms with van der Waals surface area (Å²) in [6.07, 6.45) is 3.08. The summed E-state index contributed by atoms with van der Waals surface area (Å²) in [4.78, 5) is 18.9. The molecule has 1 amide bonds. The third-order valence-corrected chi connectivity index (χ3v) is 4.86. The average Bonchev–Trinajstić information content (AvgIpc) is 2.92. The molecule has 0 fully saturated rings. The lowest BCUT2D eigenvalue weighted by atomic mass is 10.1. The number of halogens is 1. The second-order valence-electron chi connectivity index (χ2n) is 5.93. The van der Waals surface area contributed by atoms with Gasteiger partial charge in [0.05, 0.1) is 11.9 Å². The highest BCUT2D eigenvalue weighted by atomic mass is 35.5. The number of hydrogen-bond donors (Lipinski definition) is 1. The van der Waals surface area contributed by atoms with E-state index >= 15 is 0 Å². The molecule has 4 rings (SSSR count). The smallest absolute Gasteiger partial charge is 0.260 e.